The molecule has 0 aliphatic heterocycles. The Morgan fingerprint density at radius 3 is 2.70 bits per heavy atom. The maximum atomic E-state index is 12.7. The van der Waals surface area contributed by atoms with Crippen molar-refractivity contribution in [3.8, 4) is 0 Å². The number of carbonyl (C=O) groups is 1. The summed E-state index contributed by atoms with van der Waals surface area (Å²) in [5.41, 5.74) is 5.93. The zero-order chi connectivity index (χ0) is 16.4. The number of rotatable bonds is 6. The molecule has 0 bridgehead atoms. The Kier molecular flexibility index (Phi) is 6.95. The van der Waals surface area contributed by atoms with E-state index in [1.165, 1.54) is 0 Å². The minimum atomic E-state index is -0.888. The standard InChI is InChI=1S/C17H26N2O2S.ClH/c1-5-21-14-11-17(18,16(14,3)4)15(20)19-12-8-7-9-13(10-12)22-6-2;/h7-10,14H,5-6,11,18H2,1-4H3,(H,19,20);1H. The van der Waals surface area contributed by atoms with Crippen LogP contribution >= 0.6 is 24.2 Å². The van der Waals surface area contributed by atoms with E-state index in [1.54, 1.807) is 11.8 Å². The zero-order valence-electron chi connectivity index (χ0n) is 14.2. The highest BCUT2D eigenvalue weighted by atomic mass is 35.5. The summed E-state index contributed by atoms with van der Waals surface area (Å²) in [6, 6.07) is 7.87. The van der Waals surface area contributed by atoms with E-state index in [4.69, 9.17) is 10.5 Å². The van der Waals surface area contributed by atoms with E-state index >= 15 is 0 Å². The van der Waals surface area contributed by atoms with Gasteiger partial charge in [-0.25, -0.2) is 0 Å². The van der Waals surface area contributed by atoms with Gasteiger partial charge in [-0.05, 0) is 30.9 Å². The summed E-state index contributed by atoms with van der Waals surface area (Å²) < 4.78 is 5.68. The first-order chi connectivity index (χ1) is 10.3. The number of anilines is 1. The fourth-order valence-corrected chi connectivity index (χ4v) is 3.61. The Morgan fingerprint density at radius 2 is 2.13 bits per heavy atom. The predicted molar refractivity (Wildman–Crippen MR) is 99.4 cm³/mol. The van der Waals surface area contributed by atoms with Gasteiger partial charge in [0.15, 0.2) is 0 Å². The molecule has 0 saturated heterocycles. The molecule has 4 nitrogen and oxygen atoms in total. The van der Waals surface area contributed by atoms with Crippen molar-refractivity contribution in [3.63, 3.8) is 0 Å². The molecule has 2 unspecified atom stereocenters. The first kappa shape index (κ1) is 20.3. The number of hydrogen-bond acceptors (Lipinski definition) is 4. The first-order valence-corrected chi connectivity index (χ1v) is 8.78. The topological polar surface area (TPSA) is 64.3 Å². The summed E-state index contributed by atoms with van der Waals surface area (Å²) in [6.07, 6.45) is 0.596. The summed E-state index contributed by atoms with van der Waals surface area (Å²) in [6.45, 7) is 8.71. The van der Waals surface area contributed by atoms with Gasteiger partial charge in [0.1, 0.15) is 5.54 Å². The van der Waals surface area contributed by atoms with Gasteiger partial charge >= 0.3 is 0 Å². The van der Waals surface area contributed by atoms with Crippen LogP contribution in [-0.2, 0) is 9.53 Å². The molecule has 1 saturated carbocycles. The second-order valence-corrected chi connectivity index (χ2v) is 7.59. The molecule has 0 heterocycles. The molecular weight excluding hydrogens is 332 g/mol. The molecule has 3 N–H and O–H groups in total. The van der Waals surface area contributed by atoms with Crippen LogP contribution in [0.3, 0.4) is 0 Å². The molecule has 1 aromatic carbocycles. The van der Waals surface area contributed by atoms with Crippen LogP contribution in [0.4, 0.5) is 5.69 Å². The van der Waals surface area contributed by atoms with Crippen LogP contribution in [0, 0.1) is 5.41 Å². The van der Waals surface area contributed by atoms with Crippen LogP contribution in [0.1, 0.15) is 34.1 Å². The molecule has 2 atom stereocenters. The Bertz CT molecular complexity index is 553. The first-order valence-electron chi connectivity index (χ1n) is 7.80. The van der Waals surface area contributed by atoms with Crippen LogP contribution in [0.5, 0.6) is 0 Å². The van der Waals surface area contributed by atoms with Crippen LogP contribution in [0.15, 0.2) is 29.2 Å². The van der Waals surface area contributed by atoms with E-state index in [1.807, 2.05) is 45.0 Å². The number of hydrogen-bond donors (Lipinski definition) is 2. The molecule has 1 fully saturated rings. The quantitative estimate of drug-likeness (QED) is 0.761. The average molecular weight is 359 g/mol. The largest absolute Gasteiger partial charge is 0.378 e. The van der Waals surface area contributed by atoms with Crippen molar-refractivity contribution in [1.82, 2.24) is 0 Å². The molecule has 1 aliphatic carbocycles. The van der Waals surface area contributed by atoms with Crippen molar-refractivity contribution in [2.45, 2.75) is 50.7 Å². The Hall–Kier alpha value is -0.750. The summed E-state index contributed by atoms with van der Waals surface area (Å²) in [4.78, 5) is 13.8. The van der Waals surface area contributed by atoms with E-state index in [9.17, 15) is 4.79 Å². The Morgan fingerprint density at radius 1 is 1.43 bits per heavy atom. The van der Waals surface area contributed by atoms with E-state index in [0.717, 1.165) is 16.3 Å². The molecule has 23 heavy (non-hydrogen) atoms. The number of nitrogens with two attached hydrogens (primary N) is 1. The van der Waals surface area contributed by atoms with Crippen molar-refractivity contribution in [1.29, 1.82) is 0 Å². The van der Waals surface area contributed by atoms with Gasteiger partial charge in [0.25, 0.3) is 0 Å². The number of benzene rings is 1. The minimum absolute atomic E-state index is 0. The molecule has 0 spiro atoms. The second kappa shape index (κ2) is 7.88. The monoisotopic (exact) mass is 358 g/mol. The van der Waals surface area contributed by atoms with Gasteiger partial charge in [0.2, 0.25) is 5.91 Å². The van der Waals surface area contributed by atoms with Crippen molar-refractivity contribution < 1.29 is 9.53 Å². The van der Waals surface area contributed by atoms with Crippen molar-refractivity contribution in [3.05, 3.63) is 24.3 Å². The smallest absolute Gasteiger partial charge is 0.245 e. The van der Waals surface area contributed by atoms with Gasteiger partial charge in [-0.3, -0.25) is 4.79 Å². The Labute approximate surface area is 149 Å². The van der Waals surface area contributed by atoms with Gasteiger partial charge in [0.05, 0.1) is 6.10 Å². The zero-order valence-corrected chi connectivity index (χ0v) is 15.9. The van der Waals surface area contributed by atoms with Crippen molar-refractivity contribution in [2.24, 2.45) is 11.1 Å². The van der Waals surface area contributed by atoms with Crippen molar-refractivity contribution in [2.75, 3.05) is 17.7 Å². The lowest BCUT2D eigenvalue weighted by molar-refractivity contribution is -0.166. The number of thioether (sulfide) groups is 1. The molecule has 1 aliphatic rings. The molecule has 1 amide bonds. The fourth-order valence-electron chi connectivity index (χ4n) is 2.89. The lowest BCUT2D eigenvalue weighted by Gasteiger charge is -2.57. The van der Waals surface area contributed by atoms with E-state index in [0.29, 0.717) is 13.0 Å². The van der Waals surface area contributed by atoms with Crippen LogP contribution in [-0.4, -0.2) is 29.9 Å². The Balaban J connectivity index is 0.00000264. The molecule has 1 aromatic rings. The predicted octanol–water partition coefficient (Wildman–Crippen LogP) is 3.69. The molecule has 0 aromatic heterocycles. The molecule has 0 radical (unpaired) electrons. The number of halogens is 1. The third kappa shape index (κ3) is 3.85. The van der Waals surface area contributed by atoms with Gasteiger partial charge in [-0.15, -0.1) is 24.2 Å². The van der Waals surface area contributed by atoms with Crippen molar-refractivity contribution >= 4 is 35.8 Å². The van der Waals surface area contributed by atoms with Gasteiger partial charge in [0, 0.05) is 29.0 Å². The summed E-state index contributed by atoms with van der Waals surface area (Å²) in [5, 5.41) is 2.97. The highest BCUT2D eigenvalue weighted by Gasteiger charge is 2.62. The van der Waals surface area contributed by atoms with Gasteiger partial charge in [-0.1, -0.05) is 26.8 Å². The SMILES string of the molecule is CCOC1CC(N)(C(=O)Nc2cccc(SCC)c2)C1(C)C.Cl. The van der Waals surface area contributed by atoms with Gasteiger partial charge < -0.3 is 15.8 Å². The summed E-state index contributed by atoms with van der Waals surface area (Å²) in [7, 11) is 0. The highest BCUT2D eigenvalue weighted by Crippen LogP contribution is 2.50. The number of nitrogens with one attached hydrogen (secondary N) is 1. The molecular formula is C17H27ClN2O2S. The average Bonchev–Trinajstić information content (AvgIpc) is 2.47. The van der Waals surface area contributed by atoms with E-state index < -0.39 is 5.54 Å². The number of carbonyl (C=O) groups excluding carboxylic acids is 1. The van der Waals surface area contributed by atoms with E-state index in [-0.39, 0.29) is 29.8 Å². The highest BCUT2D eigenvalue weighted by molar-refractivity contribution is 7.99. The maximum absolute atomic E-state index is 12.7. The van der Waals surface area contributed by atoms with Crippen LogP contribution < -0.4 is 11.1 Å². The van der Waals surface area contributed by atoms with Crippen LogP contribution in [0.25, 0.3) is 0 Å². The number of amides is 1. The van der Waals surface area contributed by atoms with E-state index in [2.05, 4.69) is 12.2 Å². The number of ether oxygens (including phenoxy) is 1. The normalized spacial score (nSPS) is 25.2. The third-order valence-electron chi connectivity index (χ3n) is 4.64. The second-order valence-electron chi connectivity index (χ2n) is 6.26. The van der Waals surface area contributed by atoms with Gasteiger partial charge in [-0.2, -0.15) is 0 Å². The molecule has 130 valence electrons. The van der Waals surface area contributed by atoms with Crippen LogP contribution in [0.2, 0.25) is 0 Å². The summed E-state index contributed by atoms with van der Waals surface area (Å²) in [5.74, 6) is 0.869. The minimum Gasteiger partial charge on any atom is -0.378 e. The lowest BCUT2D eigenvalue weighted by atomic mass is 9.54. The lowest BCUT2D eigenvalue weighted by Crippen LogP contribution is -2.74. The maximum Gasteiger partial charge on any atom is 0.245 e. The fraction of sp³-hybridized carbons (Fsp3) is 0.588. The summed E-state index contributed by atoms with van der Waals surface area (Å²) >= 11 is 1.75. The third-order valence-corrected chi connectivity index (χ3v) is 5.51. The molecule has 2 rings (SSSR count). The molecule has 6 heteroatoms.